The number of carbonyl (C=O) groups is 2. The first-order chi connectivity index (χ1) is 12.9. The van der Waals surface area contributed by atoms with E-state index in [1.165, 1.54) is 11.8 Å². The van der Waals surface area contributed by atoms with Crippen LogP contribution < -0.4 is 10.1 Å². The molecular formula is C21H26N2O3S. The Morgan fingerprint density at radius 2 is 1.81 bits per heavy atom. The van der Waals surface area contributed by atoms with E-state index < -0.39 is 0 Å². The van der Waals surface area contributed by atoms with Crippen LogP contribution in [0.2, 0.25) is 0 Å². The van der Waals surface area contributed by atoms with Crippen molar-refractivity contribution < 1.29 is 14.3 Å². The summed E-state index contributed by atoms with van der Waals surface area (Å²) in [5.41, 5.74) is 2.85. The summed E-state index contributed by atoms with van der Waals surface area (Å²) in [6, 6.07) is 15.3. The molecule has 144 valence electrons. The van der Waals surface area contributed by atoms with Crippen molar-refractivity contribution >= 4 is 29.3 Å². The van der Waals surface area contributed by atoms with Crippen LogP contribution in [0.4, 0.5) is 5.69 Å². The smallest absolute Gasteiger partial charge is 0.235 e. The van der Waals surface area contributed by atoms with Gasteiger partial charge < -0.3 is 15.0 Å². The van der Waals surface area contributed by atoms with Gasteiger partial charge in [-0.15, -0.1) is 11.8 Å². The summed E-state index contributed by atoms with van der Waals surface area (Å²) in [4.78, 5) is 26.3. The van der Waals surface area contributed by atoms with Crippen LogP contribution in [0.1, 0.15) is 18.1 Å². The minimum absolute atomic E-state index is 0.0194. The van der Waals surface area contributed by atoms with Gasteiger partial charge in [0.25, 0.3) is 0 Å². The maximum Gasteiger partial charge on any atom is 0.235 e. The van der Waals surface area contributed by atoms with Crippen LogP contribution >= 0.6 is 11.8 Å². The first-order valence-electron chi connectivity index (χ1n) is 8.75. The van der Waals surface area contributed by atoms with Crippen molar-refractivity contribution in [1.82, 2.24) is 4.90 Å². The SMILES string of the molecule is COc1ccccc1CN(C)C(=O)C(C)SCC(=O)Nc1ccc(C)cc1. The summed E-state index contributed by atoms with van der Waals surface area (Å²) >= 11 is 1.33. The molecule has 0 aliphatic heterocycles. The van der Waals surface area contributed by atoms with Crippen molar-refractivity contribution in [2.75, 3.05) is 25.2 Å². The van der Waals surface area contributed by atoms with Crippen LogP contribution in [0, 0.1) is 6.92 Å². The largest absolute Gasteiger partial charge is 0.496 e. The molecule has 0 saturated heterocycles. The molecule has 0 spiro atoms. The molecule has 1 unspecified atom stereocenters. The quantitative estimate of drug-likeness (QED) is 0.751. The van der Waals surface area contributed by atoms with Crippen LogP contribution in [0.5, 0.6) is 5.75 Å². The maximum atomic E-state index is 12.6. The Balaban J connectivity index is 1.83. The molecule has 2 aromatic carbocycles. The lowest BCUT2D eigenvalue weighted by atomic mass is 10.2. The first-order valence-corrected chi connectivity index (χ1v) is 9.80. The van der Waals surface area contributed by atoms with Crippen molar-refractivity contribution in [3.63, 3.8) is 0 Å². The molecule has 0 aliphatic carbocycles. The second-order valence-electron chi connectivity index (χ2n) is 6.37. The third kappa shape index (κ3) is 6.32. The van der Waals surface area contributed by atoms with Gasteiger partial charge in [0.05, 0.1) is 18.1 Å². The molecule has 6 heteroatoms. The molecule has 1 atom stereocenters. The van der Waals surface area contributed by atoms with Gasteiger partial charge in [-0.25, -0.2) is 0 Å². The highest BCUT2D eigenvalue weighted by Gasteiger charge is 2.20. The summed E-state index contributed by atoms with van der Waals surface area (Å²) in [5, 5.41) is 2.53. The number of hydrogen-bond donors (Lipinski definition) is 1. The molecule has 0 radical (unpaired) electrons. The molecule has 0 bridgehead atoms. The fourth-order valence-electron chi connectivity index (χ4n) is 2.58. The molecule has 5 nitrogen and oxygen atoms in total. The highest BCUT2D eigenvalue weighted by atomic mass is 32.2. The van der Waals surface area contributed by atoms with Crippen molar-refractivity contribution in [1.29, 1.82) is 0 Å². The number of benzene rings is 2. The van der Waals surface area contributed by atoms with Crippen molar-refractivity contribution in [3.05, 3.63) is 59.7 Å². The number of nitrogens with one attached hydrogen (secondary N) is 1. The van der Waals surface area contributed by atoms with Gasteiger partial charge in [0, 0.05) is 24.8 Å². The predicted molar refractivity (Wildman–Crippen MR) is 111 cm³/mol. The molecule has 1 N–H and O–H groups in total. The van der Waals surface area contributed by atoms with Crippen LogP contribution in [0.25, 0.3) is 0 Å². The zero-order chi connectivity index (χ0) is 19.8. The van der Waals surface area contributed by atoms with Gasteiger partial charge in [-0.1, -0.05) is 35.9 Å². The Labute approximate surface area is 165 Å². The fraction of sp³-hybridized carbons (Fsp3) is 0.333. The topological polar surface area (TPSA) is 58.6 Å². The number of thioether (sulfide) groups is 1. The minimum atomic E-state index is -0.312. The minimum Gasteiger partial charge on any atom is -0.496 e. The summed E-state index contributed by atoms with van der Waals surface area (Å²) in [5.74, 6) is 0.850. The fourth-order valence-corrected chi connectivity index (χ4v) is 3.38. The third-order valence-electron chi connectivity index (χ3n) is 4.12. The van der Waals surface area contributed by atoms with Crippen LogP contribution in [-0.2, 0) is 16.1 Å². The standard InChI is InChI=1S/C21H26N2O3S/c1-15-9-11-18(12-10-15)22-20(24)14-27-16(2)21(25)23(3)13-17-7-5-6-8-19(17)26-4/h5-12,16H,13-14H2,1-4H3,(H,22,24). The Bertz CT molecular complexity index is 777. The van der Waals surface area contributed by atoms with Crippen LogP contribution in [-0.4, -0.2) is 41.9 Å². The van der Waals surface area contributed by atoms with Gasteiger partial charge in [-0.3, -0.25) is 9.59 Å². The zero-order valence-corrected chi connectivity index (χ0v) is 17.0. The lowest BCUT2D eigenvalue weighted by Gasteiger charge is -2.22. The lowest BCUT2D eigenvalue weighted by molar-refractivity contribution is -0.129. The molecule has 0 heterocycles. The van der Waals surface area contributed by atoms with Gasteiger partial charge >= 0.3 is 0 Å². The average molecular weight is 387 g/mol. The number of rotatable bonds is 8. The Hall–Kier alpha value is -2.47. The Kier molecular flexibility index (Phi) is 7.73. The number of nitrogens with zero attached hydrogens (tertiary/aromatic N) is 1. The van der Waals surface area contributed by atoms with Gasteiger partial charge in [0.2, 0.25) is 11.8 Å². The van der Waals surface area contributed by atoms with E-state index in [1.807, 2.05) is 62.4 Å². The second-order valence-corrected chi connectivity index (χ2v) is 7.70. The highest BCUT2D eigenvalue weighted by Crippen LogP contribution is 2.21. The molecule has 2 rings (SSSR count). The lowest BCUT2D eigenvalue weighted by Crippen LogP contribution is -2.33. The first kappa shape index (κ1) is 20.8. The molecule has 2 amide bonds. The van der Waals surface area contributed by atoms with Gasteiger partial charge in [-0.05, 0) is 32.0 Å². The number of aryl methyl sites for hydroxylation is 1. The summed E-state index contributed by atoms with van der Waals surface area (Å²) in [6.45, 7) is 4.28. The Morgan fingerprint density at radius 3 is 2.48 bits per heavy atom. The van der Waals surface area contributed by atoms with E-state index in [1.54, 1.807) is 19.1 Å². The van der Waals surface area contributed by atoms with E-state index in [-0.39, 0.29) is 22.8 Å². The number of ether oxygens (including phenoxy) is 1. The highest BCUT2D eigenvalue weighted by molar-refractivity contribution is 8.01. The molecular weight excluding hydrogens is 360 g/mol. The number of hydrogen-bond acceptors (Lipinski definition) is 4. The maximum absolute atomic E-state index is 12.6. The zero-order valence-electron chi connectivity index (χ0n) is 16.2. The van der Waals surface area contributed by atoms with Crippen LogP contribution in [0.15, 0.2) is 48.5 Å². The molecule has 27 heavy (non-hydrogen) atoms. The molecule has 0 aliphatic rings. The van der Waals surface area contributed by atoms with E-state index in [9.17, 15) is 9.59 Å². The van der Waals surface area contributed by atoms with E-state index in [2.05, 4.69) is 5.32 Å². The number of carbonyl (C=O) groups excluding carboxylic acids is 2. The predicted octanol–water partition coefficient (Wildman–Crippen LogP) is 3.72. The molecule has 0 fully saturated rings. The normalized spacial score (nSPS) is 11.6. The molecule has 2 aromatic rings. The summed E-state index contributed by atoms with van der Waals surface area (Å²) in [6.07, 6.45) is 0. The molecule has 0 aromatic heterocycles. The molecule has 0 saturated carbocycles. The van der Waals surface area contributed by atoms with E-state index in [0.717, 1.165) is 22.6 Å². The second kappa shape index (κ2) is 10.0. The summed E-state index contributed by atoms with van der Waals surface area (Å²) in [7, 11) is 3.38. The van der Waals surface area contributed by atoms with Gasteiger partial charge in [0.15, 0.2) is 0 Å². The van der Waals surface area contributed by atoms with Crippen LogP contribution in [0.3, 0.4) is 0 Å². The summed E-state index contributed by atoms with van der Waals surface area (Å²) < 4.78 is 5.33. The van der Waals surface area contributed by atoms with E-state index >= 15 is 0 Å². The van der Waals surface area contributed by atoms with Crippen molar-refractivity contribution in [2.45, 2.75) is 25.6 Å². The van der Waals surface area contributed by atoms with Crippen molar-refractivity contribution in [3.8, 4) is 5.75 Å². The van der Waals surface area contributed by atoms with E-state index in [4.69, 9.17) is 4.74 Å². The van der Waals surface area contributed by atoms with Crippen molar-refractivity contribution in [2.24, 2.45) is 0 Å². The average Bonchev–Trinajstić information content (AvgIpc) is 2.67. The number of amides is 2. The monoisotopic (exact) mass is 386 g/mol. The Morgan fingerprint density at radius 1 is 1.15 bits per heavy atom. The number of anilines is 1. The third-order valence-corrected chi connectivity index (χ3v) is 5.25. The van der Waals surface area contributed by atoms with E-state index in [0.29, 0.717) is 6.54 Å². The number of para-hydroxylation sites is 1. The van der Waals surface area contributed by atoms with Gasteiger partial charge in [0.1, 0.15) is 5.75 Å². The van der Waals surface area contributed by atoms with Gasteiger partial charge in [-0.2, -0.15) is 0 Å². The number of methoxy groups -OCH3 is 1.